The molecule has 4 heteroatoms. The van der Waals surface area contributed by atoms with Gasteiger partial charge in [-0.15, -0.1) is 0 Å². The molecule has 0 rings (SSSR count). The molecule has 0 saturated heterocycles. The second kappa shape index (κ2) is 2.90. The van der Waals surface area contributed by atoms with Crippen molar-refractivity contribution in [3.63, 3.8) is 0 Å². The molecule has 0 aromatic carbocycles. The highest BCUT2D eigenvalue weighted by Crippen LogP contribution is 1.86. The molecule has 0 bridgehead atoms. The third-order valence-corrected chi connectivity index (χ3v) is 0.569. The molecule has 0 aromatic rings. The molecular weight excluding hydrogens is 108 g/mol. The lowest BCUT2D eigenvalue weighted by Crippen LogP contribution is -2.06. The molecule has 4 nitrogen and oxygen atoms in total. The third-order valence-electron chi connectivity index (χ3n) is 0.569. The summed E-state index contributed by atoms with van der Waals surface area (Å²) in [5.74, 6) is -0.968. The standard InChI is InChI=1S/C4H8N2O2/c5-2-3(6)1-4(7)8/h2H,1,5-6H2,(H,7,8)/b3-2-. The number of aliphatic carboxylic acids is 1. The first-order chi connectivity index (χ1) is 3.66. The monoisotopic (exact) mass is 116 g/mol. The predicted octanol–water partition coefficient (Wildman–Crippen LogP) is -0.780. The van der Waals surface area contributed by atoms with E-state index in [-0.39, 0.29) is 12.1 Å². The smallest absolute Gasteiger partial charge is 0.309 e. The molecule has 0 aliphatic rings. The van der Waals surface area contributed by atoms with Crippen molar-refractivity contribution in [1.82, 2.24) is 0 Å². The third kappa shape index (κ3) is 3.02. The number of rotatable bonds is 2. The zero-order valence-corrected chi connectivity index (χ0v) is 4.29. The average molecular weight is 116 g/mol. The first-order valence-corrected chi connectivity index (χ1v) is 2.05. The van der Waals surface area contributed by atoms with E-state index >= 15 is 0 Å². The Bertz CT molecular complexity index is 119. The number of hydrogen-bond donors (Lipinski definition) is 3. The summed E-state index contributed by atoms with van der Waals surface area (Å²) in [7, 11) is 0. The van der Waals surface area contributed by atoms with Crippen molar-refractivity contribution in [2.24, 2.45) is 11.5 Å². The van der Waals surface area contributed by atoms with Gasteiger partial charge >= 0.3 is 5.97 Å². The molecule has 0 aliphatic heterocycles. The summed E-state index contributed by atoms with van der Waals surface area (Å²) in [5, 5.41) is 8.04. The van der Waals surface area contributed by atoms with E-state index in [0.29, 0.717) is 0 Å². The zero-order valence-electron chi connectivity index (χ0n) is 4.29. The molecule has 0 fully saturated rings. The van der Waals surface area contributed by atoms with Gasteiger partial charge < -0.3 is 16.6 Å². The van der Waals surface area contributed by atoms with Crippen molar-refractivity contribution < 1.29 is 9.90 Å². The summed E-state index contributed by atoms with van der Waals surface area (Å²) in [5.41, 5.74) is 10.1. The number of carboxylic acids is 1. The van der Waals surface area contributed by atoms with E-state index in [9.17, 15) is 4.79 Å². The Balaban J connectivity index is 3.56. The van der Waals surface area contributed by atoms with Gasteiger partial charge in [-0.2, -0.15) is 0 Å². The van der Waals surface area contributed by atoms with Crippen molar-refractivity contribution in [2.45, 2.75) is 6.42 Å². The molecule has 0 atom stereocenters. The molecular formula is C4H8N2O2. The lowest BCUT2D eigenvalue weighted by Gasteiger charge is -1.90. The van der Waals surface area contributed by atoms with Crippen LogP contribution in [0.1, 0.15) is 6.42 Å². The largest absolute Gasteiger partial charge is 0.481 e. The van der Waals surface area contributed by atoms with Crippen LogP contribution in [-0.2, 0) is 4.79 Å². The summed E-state index contributed by atoms with van der Waals surface area (Å²) >= 11 is 0. The highest BCUT2D eigenvalue weighted by Gasteiger charge is 1.95. The van der Waals surface area contributed by atoms with Crippen LogP contribution in [0.25, 0.3) is 0 Å². The summed E-state index contributed by atoms with van der Waals surface area (Å²) < 4.78 is 0. The van der Waals surface area contributed by atoms with Gasteiger partial charge in [0, 0.05) is 11.9 Å². The highest BCUT2D eigenvalue weighted by atomic mass is 16.4. The Morgan fingerprint density at radius 3 is 2.38 bits per heavy atom. The van der Waals surface area contributed by atoms with Gasteiger partial charge in [-0.3, -0.25) is 4.79 Å². The maximum atomic E-state index is 9.79. The van der Waals surface area contributed by atoms with Crippen LogP contribution in [0.5, 0.6) is 0 Å². The quantitative estimate of drug-likeness (QED) is 0.441. The van der Waals surface area contributed by atoms with Gasteiger partial charge in [0.25, 0.3) is 0 Å². The minimum atomic E-state index is -0.968. The maximum Gasteiger partial charge on any atom is 0.309 e. The van der Waals surface area contributed by atoms with Gasteiger partial charge in [0.2, 0.25) is 0 Å². The van der Waals surface area contributed by atoms with Crippen molar-refractivity contribution in [3.8, 4) is 0 Å². The molecule has 0 aliphatic carbocycles. The second-order valence-corrected chi connectivity index (χ2v) is 1.31. The fourth-order valence-corrected chi connectivity index (χ4v) is 0.234. The van der Waals surface area contributed by atoms with Crippen molar-refractivity contribution in [2.75, 3.05) is 0 Å². The van der Waals surface area contributed by atoms with Gasteiger partial charge in [-0.1, -0.05) is 0 Å². The molecule has 0 heterocycles. The van der Waals surface area contributed by atoms with Gasteiger partial charge in [0.15, 0.2) is 0 Å². The van der Waals surface area contributed by atoms with Crippen LogP contribution >= 0.6 is 0 Å². The molecule has 0 amide bonds. The molecule has 0 aromatic heterocycles. The van der Waals surface area contributed by atoms with E-state index < -0.39 is 5.97 Å². The van der Waals surface area contributed by atoms with E-state index in [1.807, 2.05) is 0 Å². The molecule has 0 radical (unpaired) electrons. The topological polar surface area (TPSA) is 89.3 Å². The Kier molecular flexibility index (Phi) is 2.47. The molecule has 0 saturated carbocycles. The fraction of sp³-hybridized carbons (Fsp3) is 0.250. The zero-order chi connectivity index (χ0) is 6.57. The van der Waals surface area contributed by atoms with E-state index in [1.54, 1.807) is 0 Å². The van der Waals surface area contributed by atoms with Gasteiger partial charge in [-0.25, -0.2) is 0 Å². The average Bonchev–Trinajstić information content (AvgIpc) is 1.65. The van der Waals surface area contributed by atoms with Crippen LogP contribution < -0.4 is 11.5 Å². The number of hydrogen-bond acceptors (Lipinski definition) is 3. The lowest BCUT2D eigenvalue weighted by molar-refractivity contribution is -0.136. The highest BCUT2D eigenvalue weighted by molar-refractivity contribution is 5.69. The molecule has 8 heavy (non-hydrogen) atoms. The summed E-state index contributed by atoms with van der Waals surface area (Å²) in [6.07, 6.45) is 0.893. The minimum absolute atomic E-state index is 0.178. The molecule has 5 N–H and O–H groups in total. The summed E-state index contributed by atoms with van der Waals surface area (Å²) in [6.45, 7) is 0. The van der Waals surface area contributed by atoms with E-state index in [1.165, 1.54) is 0 Å². The van der Waals surface area contributed by atoms with E-state index in [2.05, 4.69) is 0 Å². The number of nitrogens with two attached hydrogens (primary N) is 2. The van der Waals surface area contributed by atoms with Crippen LogP contribution in [0.3, 0.4) is 0 Å². The number of carbonyl (C=O) groups is 1. The Hall–Kier alpha value is -1.19. The maximum absolute atomic E-state index is 9.79. The van der Waals surface area contributed by atoms with Gasteiger partial charge in [0.05, 0.1) is 6.42 Å². The normalized spacial score (nSPS) is 11.2. The van der Waals surface area contributed by atoms with E-state index in [0.717, 1.165) is 6.20 Å². The van der Waals surface area contributed by atoms with Gasteiger partial charge in [0.1, 0.15) is 0 Å². The van der Waals surface area contributed by atoms with Crippen LogP contribution in [0.15, 0.2) is 11.9 Å². The van der Waals surface area contributed by atoms with Crippen LogP contribution in [0.2, 0.25) is 0 Å². The van der Waals surface area contributed by atoms with Crippen LogP contribution in [0, 0.1) is 0 Å². The lowest BCUT2D eigenvalue weighted by atomic mass is 10.3. The van der Waals surface area contributed by atoms with Gasteiger partial charge in [-0.05, 0) is 0 Å². The summed E-state index contributed by atoms with van der Waals surface area (Å²) in [4.78, 5) is 9.79. The Morgan fingerprint density at radius 1 is 1.75 bits per heavy atom. The second-order valence-electron chi connectivity index (χ2n) is 1.31. The van der Waals surface area contributed by atoms with E-state index in [4.69, 9.17) is 16.6 Å². The predicted molar refractivity (Wildman–Crippen MR) is 28.7 cm³/mol. The van der Waals surface area contributed by atoms with Crippen LogP contribution in [0.4, 0.5) is 0 Å². The summed E-state index contributed by atoms with van der Waals surface area (Å²) in [6, 6.07) is 0. The molecule has 0 unspecified atom stereocenters. The number of carboxylic acid groups (broad SMARTS) is 1. The minimum Gasteiger partial charge on any atom is -0.481 e. The fourth-order valence-electron chi connectivity index (χ4n) is 0.234. The first kappa shape index (κ1) is 6.81. The van der Waals surface area contributed by atoms with Crippen molar-refractivity contribution >= 4 is 5.97 Å². The SMILES string of the molecule is N/C=C(\N)CC(=O)O. The molecule has 46 valence electrons. The Morgan fingerprint density at radius 2 is 2.25 bits per heavy atom. The van der Waals surface area contributed by atoms with Crippen molar-refractivity contribution in [3.05, 3.63) is 11.9 Å². The Labute approximate surface area is 46.8 Å². The first-order valence-electron chi connectivity index (χ1n) is 2.05. The van der Waals surface area contributed by atoms with Crippen LogP contribution in [-0.4, -0.2) is 11.1 Å². The molecule has 0 spiro atoms. The van der Waals surface area contributed by atoms with Crippen molar-refractivity contribution in [1.29, 1.82) is 0 Å².